The first-order valence-corrected chi connectivity index (χ1v) is 7.78. The molecule has 1 atom stereocenters. The van der Waals surface area contributed by atoms with E-state index in [9.17, 15) is 13.5 Å². The number of pyridine rings is 1. The fourth-order valence-electron chi connectivity index (χ4n) is 1.64. The summed E-state index contributed by atoms with van der Waals surface area (Å²) in [7, 11) is -3.64. The van der Waals surface area contributed by atoms with Crippen LogP contribution in [0.3, 0.4) is 0 Å². The third-order valence-corrected chi connectivity index (χ3v) is 4.12. The fourth-order valence-corrected chi connectivity index (χ4v) is 3.07. The predicted octanol–water partition coefficient (Wildman–Crippen LogP) is 1.48. The molecule has 0 aliphatic carbocycles. The molecular formula is C12H13ClN2O4S. The molecule has 20 heavy (non-hydrogen) atoms. The first-order valence-electron chi connectivity index (χ1n) is 5.75. The summed E-state index contributed by atoms with van der Waals surface area (Å²) in [4.78, 5) is 3.82. The maximum atomic E-state index is 12.0. The first kappa shape index (κ1) is 15.0. The van der Waals surface area contributed by atoms with Gasteiger partial charge in [-0.2, -0.15) is 0 Å². The van der Waals surface area contributed by atoms with Crippen LogP contribution in [0.4, 0.5) is 0 Å². The van der Waals surface area contributed by atoms with Crippen LogP contribution in [0, 0.1) is 0 Å². The van der Waals surface area contributed by atoms with Crippen molar-refractivity contribution < 1.29 is 17.9 Å². The number of hydrogen-bond acceptors (Lipinski definition) is 5. The second-order valence-electron chi connectivity index (χ2n) is 4.12. The van der Waals surface area contributed by atoms with Crippen molar-refractivity contribution in [3.05, 3.63) is 53.2 Å². The number of nitrogens with zero attached hydrogens (tertiary/aromatic N) is 1. The summed E-state index contributed by atoms with van der Waals surface area (Å²) in [6.07, 6.45) is 2.80. The number of nitrogens with one attached hydrogen (secondary N) is 1. The van der Waals surface area contributed by atoms with E-state index in [1.165, 1.54) is 18.5 Å². The minimum absolute atomic E-state index is 0.256. The minimum Gasteiger partial charge on any atom is -0.468 e. The molecule has 0 fully saturated rings. The number of aliphatic hydroxyl groups is 1. The topological polar surface area (TPSA) is 92.4 Å². The van der Waals surface area contributed by atoms with Gasteiger partial charge in [0.1, 0.15) is 17.0 Å². The highest BCUT2D eigenvalue weighted by atomic mass is 35.5. The molecule has 2 aromatic heterocycles. The van der Waals surface area contributed by atoms with E-state index in [1.807, 2.05) is 0 Å². The lowest BCUT2D eigenvalue weighted by Crippen LogP contribution is -2.31. The molecule has 8 heteroatoms. The zero-order valence-electron chi connectivity index (χ0n) is 10.4. The number of furan rings is 1. The molecule has 6 nitrogen and oxygen atoms in total. The molecule has 0 aliphatic rings. The Morgan fingerprint density at radius 1 is 1.40 bits per heavy atom. The van der Waals surface area contributed by atoms with Crippen LogP contribution < -0.4 is 4.72 Å². The number of hydrogen-bond donors (Lipinski definition) is 2. The van der Waals surface area contributed by atoms with Gasteiger partial charge in [0.25, 0.3) is 0 Å². The van der Waals surface area contributed by atoms with Crippen molar-refractivity contribution >= 4 is 21.6 Å². The largest absolute Gasteiger partial charge is 0.468 e. The number of aliphatic hydroxyl groups excluding tert-OH is 1. The molecule has 0 aliphatic heterocycles. The van der Waals surface area contributed by atoms with Crippen molar-refractivity contribution in [3.8, 4) is 0 Å². The Labute approximate surface area is 121 Å². The summed E-state index contributed by atoms with van der Waals surface area (Å²) in [5, 5.41) is 9.54. The van der Waals surface area contributed by atoms with Crippen LogP contribution >= 0.6 is 11.6 Å². The van der Waals surface area contributed by atoms with Gasteiger partial charge in [0.2, 0.25) is 10.0 Å². The molecule has 0 spiro atoms. The first-order chi connectivity index (χ1) is 9.50. The lowest BCUT2D eigenvalue weighted by Gasteiger charge is -2.14. The Kier molecular flexibility index (Phi) is 4.77. The highest BCUT2D eigenvalue weighted by molar-refractivity contribution is 7.88. The van der Waals surface area contributed by atoms with Crippen molar-refractivity contribution in [1.29, 1.82) is 0 Å². The van der Waals surface area contributed by atoms with Gasteiger partial charge in [-0.05, 0) is 23.8 Å². The molecule has 0 amide bonds. The van der Waals surface area contributed by atoms with Crippen LogP contribution in [0.1, 0.15) is 17.4 Å². The molecule has 108 valence electrons. The number of halogens is 1. The number of rotatable bonds is 6. The summed E-state index contributed by atoms with van der Waals surface area (Å²) < 4.78 is 31.5. The zero-order chi connectivity index (χ0) is 14.6. The summed E-state index contributed by atoms with van der Waals surface area (Å²) >= 11 is 5.64. The lowest BCUT2D eigenvalue weighted by atomic mass is 10.2. The van der Waals surface area contributed by atoms with Gasteiger partial charge in [-0.3, -0.25) is 0 Å². The highest BCUT2D eigenvalue weighted by Crippen LogP contribution is 2.15. The van der Waals surface area contributed by atoms with Crippen LogP contribution in [0.25, 0.3) is 0 Å². The van der Waals surface area contributed by atoms with Crippen molar-refractivity contribution in [2.24, 2.45) is 0 Å². The van der Waals surface area contributed by atoms with Crippen LogP contribution in [-0.2, 0) is 15.8 Å². The molecule has 2 heterocycles. The third kappa shape index (κ3) is 4.04. The lowest BCUT2D eigenvalue weighted by molar-refractivity contribution is 0.242. The average molecular weight is 317 g/mol. The van der Waals surface area contributed by atoms with Gasteiger partial charge in [-0.15, -0.1) is 0 Å². The highest BCUT2D eigenvalue weighted by Gasteiger charge is 2.21. The van der Waals surface area contributed by atoms with Gasteiger partial charge in [-0.1, -0.05) is 17.7 Å². The van der Waals surface area contributed by atoms with Gasteiger partial charge in [0.15, 0.2) is 0 Å². The number of aromatic nitrogens is 1. The fraction of sp³-hybridized carbons (Fsp3) is 0.250. The average Bonchev–Trinajstić information content (AvgIpc) is 2.92. The molecule has 2 N–H and O–H groups in total. The third-order valence-electron chi connectivity index (χ3n) is 2.54. The normalized spacial score (nSPS) is 13.3. The summed E-state index contributed by atoms with van der Waals surface area (Å²) in [5.74, 6) is 0.0966. The van der Waals surface area contributed by atoms with Crippen LogP contribution in [0.2, 0.25) is 5.15 Å². The second kappa shape index (κ2) is 6.36. The Morgan fingerprint density at radius 3 is 2.75 bits per heavy atom. The second-order valence-corrected chi connectivity index (χ2v) is 6.26. The monoisotopic (exact) mass is 316 g/mol. The molecule has 2 aromatic rings. The molecule has 0 bridgehead atoms. The quantitative estimate of drug-likeness (QED) is 0.787. The Balaban J connectivity index is 2.08. The van der Waals surface area contributed by atoms with Crippen LogP contribution in [-0.4, -0.2) is 25.1 Å². The molecule has 0 saturated carbocycles. The molecule has 0 saturated heterocycles. The standard InChI is InChI=1S/C12H13ClN2O4S/c13-12-4-3-9(6-14-12)8-20(17,18)15-10(7-16)11-2-1-5-19-11/h1-6,10,15-16H,7-8H2. The number of sulfonamides is 1. The van der Waals surface area contributed by atoms with E-state index >= 15 is 0 Å². The molecule has 0 radical (unpaired) electrons. The minimum atomic E-state index is -3.64. The van der Waals surface area contributed by atoms with Gasteiger partial charge in [0.05, 0.1) is 18.6 Å². The van der Waals surface area contributed by atoms with E-state index in [2.05, 4.69) is 9.71 Å². The maximum Gasteiger partial charge on any atom is 0.216 e. The van der Waals surface area contributed by atoms with Crippen LogP contribution in [0.5, 0.6) is 0 Å². The van der Waals surface area contributed by atoms with Crippen LogP contribution in [0.15, 0.2) is 41.1 Å². The SMILES string of the molecule is O=S(=O)(Cc1ccc(Cl)nc1)NC(CO)c1ccco1. The van der Waals surface area contributed by atoms with Gasteiger partial charge >= 0.3 is 0 Å². The van der Waals surface area contributed by atoms with Gasteiger partial charge < -0.3 is 9.52 Å². The molecule has 0 aromatic carbocycles. The summed E-state index contributed by atoms with van der Waals surface area (Å²) in [6.45, 7) is -0.397. The maximum absolute atomic E-state index is 12.0. The predicted molar refractivity (Wildman–Crippen MR) is 73.5 cm³/mol. The van der Waals surface area contributed by atoms with Crippen molar-refractivity contribution in [2.75, 3.05) is 6.61 Å². The van der Waals surface area contributed by atoms with E-state index < -0.39 is 22.7 Å². The van der Waals surface area contributed by atoms with E-state index in [1.54, 1.807) is 18.2 Å². The van der Waals surface area contributed by atoms with E-state index in [0.717, 1.165) is 0 Å². The van der Waals surface area contributed by atoms with Crippen molar-refractivity contribution in [2.45, 2.75) is 11.8 Å². The summed E-state index contributed by atoms with van der Waals surface area (Å²) in [6, 6.07) is 5.50. The Morgan fingerprint density at radius 2 is 2.20 bits per heavy atom. The van der Waals surface area contributed by atoms with E-state index in [4.69, 9.17) is 16.0 Å². The van der Waals surface area contributed by atoms with E-state index in [-0.39, 0.29) is 5.75 Å². The zero-order valence-corrected chi connectivity index (χ0v) is 11.9. The van der Waals surface area contributed by atoms with Gasteiger partial charge in [0, 0.05) is 6.20 Å². The Bertz CT molecular complexity index is 641. The van der Waals surface area contributed by atoms with E-state index in [0.29, 0.717) is 16.5 Å². The molecule has 1 unspecified atom stereocenters. The van der Waals surface area contributed by atoms with Crippen molar-refractivity contribution in [1.82, 2.24) is 9.71 Å². The molecule has 2 rings (SSSR count). The summed E-state index contributed by atoms with van der Waals surface area (Å²) in [5.41, 5.74) is 0.498. The van der Waals surface area contributed by atoms with Crippen molar-refractivity contribution in [3.63, 3.8) is 0 Å². The Hall–Kier alpha value is -1.41. The smallest absolute Gasteiger partial charge is 0.216 e. The molecular weight excluding hydrogens is 304 g/mol. The van der Waals surface area contributed by atoms with Gasteiger partial charge in [-0.25, -0.2) is 18.1 Å².